The average Bonchev–Trinajstić information content (AvgIpc) is 2.54. The molecule has 0 aliphatic carbocycles. The largest absolute Gasteiger partial charge is 0.491 e. The van der Waals surface area contributed by atoms with Crippen molar-refractivity contribution in [3.8, 4) is 5.75 Å². The summed E-state index contributed by atoms with van der Waals surface area (Å²) in [5.74, 6) is 0.742. The highest BCUT2D eigenvalue weighted by molar-refractivity contribution is 5.35. The Labute approximate surface area is 127 Å². The zero-order chi connectivity index (χ0) is 14.9. The van der Waals surface area contributed by atoms with Crippen molar-refractivity contribution >= 4 is 0 Å². The minimum Gasteiger partial charge on any atom is -0.491 e. The molecule has 118 valence electrons. The van der Waals surface area contributed by atoms with Gasteiger partial charge in [0, 0.05) is 19.3 Å². The molecule has 0 radical (unpaired) electrons. The molecule has 2 atom stereocenters. The molecule has 0 spiro atoms. The molecular weight excluding hydrogens is 268 g/mol. The Bertz CT molecular complexity index is 402. The standard InChI is InChI=1S/C17H26O4/c1-19-12-13-21-17-8-3-2-7-15(17)16(18)10-9-14-6-4-5-11-20-14/h2-3,7-8,14,16,18H,4-6,9-13H2,1H3. The van der Waals surface area contributed by atoms with Crippen molar-refractivity contribution in [2.45, 2.75) is 44.3 Å². The molecule has 1 saturated heterocycles. The predicted octanol–water partition coefficient (Wildman–Crippen LogP) is 3.09. The van der Waals surface area contributed by atoms with E-state index in [1.807, 2.05) is 24.3 Å². The van der Waals surface area contributed by atoms with Crippen LogP contribution >= 0.6 is 0 Å². The van der Waals surface area contributed by atoms with Crippen LogP contribution in [-0.2, 0) is 9.47 Å². The third-order valence-electron chi connectivity index (χ3n) is 3.86. The van der Waals surface area contributed by atoms with E-state index in [4.69, 9.17) is 14.2 Å². The molecular formula is C17H26O4. The second-order valence-electron chi connectivity index (χ2n) is 5.46. The van der Waals surface area contributed by atoms with Crippen molar-refractivity contribution in [1.82, 2.24) is 0 Å². The Morgan fingerprint density at radius 1 is 1.29 bits per heavy atom. The van der Waals surface area contributed by atoms with Gasteiger partial charge in [0.2, 0.25) is 0 Å². The summed E-state index contributed by atoms with van der Waals surface area (Å²) in [6, 6.07) is 7.67. The van der Waals surface area contributed by atoms with E-state index in [2.05, 4.69) is 0 Å². The zero-order valence-corrected chi connectivity index (χ0v) is 12.8. The number of aliphatic hydroxyl groups excluding tert-OH is 1. The fourth-order valence-electron chi connectivity index (χ4n) is 2.66. The maximum absolute atomic E-state index is 10.4. The molecule has 1 N–H and O–H groups in total. The van der Waals surface area contributed by atoms with E-state index in [1.165, 1.54) is 6.42 Å². The summed E-state index contributed by atoms with van der Waals surface area (Å²) in [6.07, 6.45) is 4.90. The van der Waals surface area contributed by atoms with E-state index >= 15 is 0 Å². The maximum atomic E-state index is 10.4. The van der Waals surface area contributed by atoms with Crippen LogP contribution in [0.3, 0.4) is 0 Å². The Hall–Kier alpha value is -1.10. The smallest absolute Gasteiger partial charge is 0.125 e. The second kappa shape index (κ2) is 9.03. The van der Waals surface area contributed by atoms with Gasteiger partial charge in [0.05, 0.1) is 18.8 Å². The Morgan fingerprint density at radius 3 is 2.90 bits per heavy atom. The fraction of sp³-hybridized carbons (Fsp3) is 0.647. The van der Waals surface area contributed by atoms with E-state index in [9.17, 15) is 5.11 Å². The minimum atomic E-state index is -0.505. The lowest BCUT2D eigenvalue weighted by Gasteiger charge is -2.24. The van der Waals surface area contributed by atoms with Crippen molar-refractivity contribution in [3.63, 3.8) is 0 Å². The summed E-state index contributed by atoms with van der Waals surface area (Å²) in [5, 5.41) is 10.4. The van der Waals surface area contributed by atoms with Crippen LogP contribution in [-0.4, -0.2) is 38.1 Å². The van der Waals surface area contributed by atoms with Gasteiger partial charge in [0.1, 0.15) is 12.4 Å². The summed E-state index contributed by atoms with van der Waals surface area (Å²) >= 11 is 0. The Balaban J connectivity index is 1.86. The van der Waals surface area contributed by atoms with Crippen LogP contribution in [0.5, 0.6) is 5.75 Å². The van der Waals surface area contributed by atoms with Crippen molar-refractivity contribution in [2.75, 3.05) is 26.9 Å². The molecule has 2 unspecified atom stereocenters. The first-order chi connectivity index (χ1) is 10.3. The van der Waals surface area contributed by atoms with Crippen LogP contribution in [0.4, 0.5) is 0 Å². The lowest BCUT2D eigenvalue weighted by atomic mass is 9.98. The number of para-hydroxylation sites is 1. The molecule has 0 amide bonds. The molecule has 0 aromatic heterocycles. The van der Waals surface area contributed by atoms with Gasteiger partial charge >= 0.3 is 0 Å². The first-order valence-corrected chi connectivity index (χ1v) is 7.81. The van der Waals surface area contributed by atoms with Crippen LogP contribution in [0.25, 0.3) is 0 Å². The Kier molecular flexibility index (Phi) is 7.00. The average molecular weight is 294 g/mol. The van der Waals surface area contributed by atoms with Gasteiger partial charge in [0.25, 0.3) is 0 Å². The molecule has 1 aliphatic rings. The van der Waals surface area contributed by atoms with Crippen LogP contribution in [0, 0.1) is 0 Å². The van der Waals surface area contributed by atoms with Crippen molar-refractivity contribution in [2.24, 2.45) is 0 Å². The SMILES string of the molecule is COCCOc1ccccc1C(O)CCC1CCCCO1. The van der Waals surface area contributed by atoms with Gasteiger partial charge in [0.15, 0.2) is 0 Å². The molecule has 1 aromatic rings. The molecule has 21 heavy (non-hydrogen) atoms. The van der Waals surface area contributed by atoms with E-state index in [0.29, 0.717) is 25.7 Å². The molecule has 1 aromatic carbocycles. The third-order valence-corrected chi connectivity index (χ3v) is 3.86. The number of rotatable bonds is 8. The molecule has 4 nitrogen and oxygen atoms in total. The molecule has 0 bridgehead atoms. The number of aliphatic hydroxyl groups is 1. The Morgan fingerprint density at radius 2 is 2.14 bits per heavy atom. The van der Waals surface area contributed by atoms with Crippen molar-refractivity contribution < 1.29 is 19.3 Å². The van der Waals surface area contributed by atoms with Crippen LogP contribution in [0.2, 0.25) is 0 Å². The number of methoxy groups -OCH3 is 1. The van der Waals surface area contributed by atoms with E-state index in [0.717, 1.165) is 37.2 Å². The van der Waals surface area contributed by atoms with Gasteiger partial charge in [-0.1, -0.05) is 18.2 Å². The summed E-state index contributed by atoms with van der Waals surface area (Å²) in [6.45, 7) is 1.89. The molecule has 2 rings (SSSR count). The van der Waals surface area contributed by atoms with Gasteiger partial charge in [-0.25, -0.2) is 0 Å². The summed E-state index contributed by atoms with van der Waals surface area (Å²) in [4.78, 5) is 0. The van der Waals surface area contributed by atoms with Crippen LogP contribution in [0.15, 0.2) is 24.3 Å². The zero-order valence-electron chi connectivity index (χ0n) is 12.8. The van der Waals surface area contributed by atoms with Gasteiger partial charge in [-0.15, -0.1) is 0 Å². The number of hydrogen-bond acceptors (Lipinski definition) is 4. The lowest BCUT2D eigenvalue weighted by Crippen LogP contribution is -2.19. The van der Waals surface area contributed by atoms with E-state index in [1.54, 1.807) is 7.11 Å². The van der Waals surface area contributed by atoms with Gasteiger partial charge in [-0.05, 0) is 38.2 Å². The molecule has 1 heterocycles. The quantitative estimate of drug-likeness (QED) is 0.748. The van der Waals surface area contributed by atoms with Gasteiger partial charge in [-0.3, -0.25) is 0 Å². The highest BCUT2D eigenvalue weighted by Gasteiger charge is 2.18. The summed E-state index contributed by atoms with van der Waals surface area (Å²) < 4.78 is 16.4. The van der Waals surface area contributed by atoms with E-state index < -0.39 is 6.10 Å². The first kappa shape index (κ1) is 16.3. The monoisotopic (exact) mass is 294 g/mol. The fourth-order valence-corrected chi connectivity index (χ4v) is 2.66. The molecule has 1 fully saturated rings. The highest BCUT2D eigenvalue weighted by atomic mass is 16.5. The van der Waals surface area contributed by atoms with Crippen LogP contribution in [0.1, 0.15) is 43.8 Å². The maximum Gasteiger partial charge on any atom is 0.125 e. The lowest BCUT2D eigenvalue weighted by molar-refractivity contribution is 0.00192. The minimum absolute atomic E-state index is 0.301. The molecule has 0 saturated carbocycles. The first-order valence-electron chi connectivity index (χ1n) is 7.81. The predicted molar refractivity (Wildman–Crippen MR) is 81.6 cm³/mol. The van der Waals surface area contributed by atoms with Crippen molar-refractivity contribution in [1.29, 1.82) is 0 Å². The normalized spacial score (nSPS) is 20.2. The molecule has 4 heteroatoms. The molecule has 1 aliphatic heterocycles. The van der Waals surface area contributed by atoms with Gasteiger partial charge in [-0.2, -0.15) is 0 Å². The number of ether oxygens (including phenoxy) is 3. The van der Waals surface area contributed by atoms with Gasteiger partial charge < -0.3 is 19.3 Å². The number of benzene rings is 1. The van der Waals surface area contributed by atoms with Crippen LogP contribution < -0.4 is 4.74 Å². The van der Waals surface area contributed by atoms with E-state index in [-0.39, 0.29) is 0 Å². The second-order valence-corrected chi connectivity index (χ2v) is 5.46. The summed E-state index contributed by atoms with van der Waals surface area (Å²) in [5.41, 5.74) is 0.851. The summed E-state index contributed by atoms with van der Waals surface area (Å²) in [7, 11) is 1.65. The number of hydrogen-bond donors (Lipinski definition) is 1. The topological polar surface area (TPSA) is 47.9 Å². The van der Waals surface area contributed by atoms with Crippen molar-refractivity contribution in [3.05, 3.63) is 29.8 Å². The highest BCUT2D eigenvalue weighted by Crippen LogP contribution is 2.29. The third kappa shape index (κ3) is 5.30.